The van der Waals surface area contributed by atoms with Crippen LogP contribution in [-0.4, -0.2) is 31.3 Å². The van der Waals surface area contributed by atoms with Crippen molar-refractivity contribution in [2.24, 2.45) is 0 Å². The molecular weight excluding hydrogens is 300 g/mol. The van der Waals surface area contributed by atoms with E-state index in [-0.39, 0.29) is 12.1 Å². The second-order valence-corrected chi connectivity index (χ2v) is 5.62. The highest BCUT2D eigenvalue weighted by Gasteiger charge is 2.04. The predicted octanol–water partition coefficient (Wildman–Crippen LogP) is 4.80. The molecule has 1 aromatic rings. The second kappa shape index (κ2) is 12.2. The van der Waals surface area contributed by atoms with E-state index >= 15 is 0 Å². The van der Waals surface area contributed by atoms with Gasteiger partial charge < -0.3 is 20.3 Å². The minimum Gasteiger partial charge on any atom is -0.379 e. The summed E-state index contributed by atoms with van der Waals surface area (Å²) in [6.45, 7) is 12.0. The number of halogens is 1. The third-order valence-corrected chi connectivity index (χ3v) is 2.61. The summed E-state index contributed by atoms with van der Waals surface area (Å²) in [5.41, 5.74) is 1.94. The monoisotopic (exact) mass is 328 g/mol. The first kappa shape index (κ1) is 22.9. The van der Waals surface area contributed by atoms with Gasteiger partial charge in [-0.1, -0.05) is 25.4 Å². The number of benzene rings is 1. The average Bonchev–Trinajstić information content (AvgIpc) is 2.48. The Morgan fingerprint density at radius 2 is 1.86 bits per heavy atom. The van der Waals surface area contributed by atoms with Crippen LogP contribution in [0.1, 0.15) is 47.1 Å². The number of hydrogen-bond acceptors (Lipinski definition) is 4. The largest absolute Gasteiger partial charge is 0.379 e. The molecule has 0 unspecified atom stereocenters. The van der Waals surface area contributed by atoms with Crippen LogP contribution in [0, 0.1) is 5.41 Å². The normalized spacial score (nSPS) is 9.64. The van der Waals surface area contributed by atoms with Crippen LogP contribution in [0.15, 0.2) is 18.2 Å². The molecule has 0 atom stereocenters. The number of anilines is 1. The summed E-state index contributed by atoms with van der Waals surface area (Å²) in [7, 11) is 1.71. The zero-order valence-electron chi connectivity index (χ0n) is 14.7. The molecule has 0 aliphatic rings. The fourth-order valence-electron chi connectivity index (χ4n) is 1.13. The molecule has 0 fully saturated rings. The van der Waals surface area contributed by atoms with Gasteiger partial charge in [0.05, 0.1) is 12.1 Å². The van der Waals surface area contributed by atoms with E-state index in [1.54, 1.807) is 32.2 Å². The van der Waals surface area contributed by atoms with Gasteiger partial charge in [0.1, 0.15) is 6.29 Å². The van der Waals surface area contributed by atoms with Gasteiger partial charge in [-0.2, -0.15) is 0 Å². The lowest BCUT2D eigenvalue weighted by Crippen LogP contribution is -2.15. The lowest BCUT2D eigenvalue weighted by Gasteiger charge is -2.14. The molecule has 0 aliphatic heterocycles. The van der Waals surface area contributed by atoms with Gasteiger partial charge in [-0.25, -0.2) is 0 Å². The molecule has 22 heavy (non-hydrogen) atoms. The van der Waals surface area contributed by atoms with Crippen molar-refractivity contribution >= 4 is 29.3 Å². The van der Waals surface area contributed by atoms with E-state index in [4.69, 9.17) is 21.7 Å². The van der Waals surface area contributed by atoms with Crippen molar-refractivity contribution < 1.29 is 9.53 Å². The molecule has 0 bridgehead atoms. The first-order chi connectivity index (χ1) is 10.2. The number of methoxy groups -OCH3 is 1. The highest BCUT2D eigenvalue weighted by atomic mass is 35.5. The molecule has 1 rings (SSSR count). The summed E-state index contributed by atoms with van der Waals surface area (Å²) < 4.78 is 4.94. The maximum Gasteiger partial charge on any atom is 0.139 e. The highest BCUT2D eigenvalue weighted by molar-refractivity contribution is 6.31. The van der Waals surface area contributed by atoms with Crippen molar-refractivity contribution in [3.8, 4) is 0 Å². The Morgan fingerprint density at radius 1 is 1.36 bits per heavy atom. The summed E-state index contributed by atoms with van der Waals surface area (Å²) in [6, 6.07) is 5.19. The fourth-order valence-corrected chi connectivity index (χ4v) is 1.30. The first-order valence-electron chi connectivity index (χ1n) is 7.29. The van der Waals surface area contributed by atoms with Gasteiger partial charge in [-0.15, -0.1) is 0 Å². The maximum absolute atomic E-state index is 10.2. The van der Waals surface area contributed by atoms with E-state index in [1.165, 1.54) is 0 Å². The van der Waals surface area contributed by atoms with Crippen LogP contribution in [0.3, 0.4) is 0 Å². The summed E-state index contributed by atoms with van der Waals surface area (Å²) >= 11 is 5.80. The molecule has 0 aromatic heterocycles. The molecule has 4 nitrogen and oxygen atoms in total. The predicted molar refractivity (Wildman–Crippen MR) is 96.6 cm³/mol. The van der Waals surface area contributed by atoms with Crippen LogP contribution >= 0.6 is 11.6 Å². The quantitative estimate of drug-likeness (QED) is 0.616. The Labute approximate surface area is 139 Å². The summed E-state index contributed by atoms with van der Waals surface area (Å²) in [4.78, 5) is 10.2. The molecule has 0 aliphatic carbocycles. The first-order valence-corrected chi connectivity index (χ1v) is 7.66. The van der Waals surface area contributed by atoms with Gasteiger partial charge in [0.15, 0.2) is 0 Å². The van der Waals surface area contributed by atoms with E-state index in [0.717, 1.165) is 17.5 Å². The Kier molecular flexibility index (Phi) is 12.7. The van der Waals surface area contributed by atoms with Gasteiger partial charge in [-0.3, -0.25) is 0 Å². The third kappa shape index (κ3) is 11.3. The van der Waals surface area contributed by atoms with Crippen LogP contribution in [-0.2, 0) is 9.53 Å². The van der Waals surface area contributed by atoms with Crippen LogP contribution in [0.25, 0.3) is 0 Å². The van der Waals surface area contributed by atoms with Gasteiger partial charge >= 0.3 is 0 Å². The molecule has 2 N–H and O–H groups in total. The molecule has 0 amide bonds. The molecule has 5 heteroatoms. The lowest BCUT2D eigenvalue weighted by molar-refractivity contribution is -0.106. The van der Waals surface area contributed by atoms with Crippen LogP contribution in [0.2, 0.25) is 5.02 Å². The minimum atomic E-state index is 0.0417. The summed E-state index contributed by atoms with van der Waals surface area (Å²) in [5.74, 6) is 0. The SMILES string of the molecule is CC.CC(=N)c1cc(Cl)ccc1NCC=O.COC(C)(C)C. The van der Waals surface area contributed by atoms with Crippen LogP contribution in [0.5, 0.6) is 0 Å². The molecule has 0 heterocycles. The molecule has 1 aromatic carbocycles. The van der Waals surface area contributed by atoms with Crippen LogP contribution < -0.4 is 5.32 Å². The van der Waals surface area contributed by atoms with Crippen molar-refractivity contribution in [2.75, 3.05) is 19.0 Å². The number of nitrogens with one attached hydrogen (secondary N) is 2. The number of ether oxygens (including phenoxy) is 1. The molecular formula is C17H29ClN2O2. The number of rotatable bonds is 4. The Hall–Kier alpha value is -1.39. The maximum atomic E-state index is 10.2. The van der Waals surface area contributed by atoms with Gasteiger partial charge in [-0.05, 0) is 45.9 Å². The molecule has 0 spiro atoms. The van der Waals surface area contributed by atoms with Crippen molar-refractivity contribution in [1.82, 2.24) is 0 Å². The van der Waals surface area contributed by atoms with Crippen LogP contribution in [0.4, 0.5) is 5.69 Å². The van der Waals surface area contributed by atoms with Gasteiger partial charge in [0.2, 0.25) is 0 Å². The standard InChI is InChI=1S/C10H11ClN2O.C5H12O.C2H6/c1-7(12)9-6-8(11)2-3-10(9)13-4-5-14;1-5(2,3)6-4;1-2/h2-3,5-6,12-13H,4H2,1H3;1-4H3;1-2H3. The Bertz CT molecular complexity index is 454. The van der Waals surface area contributed by atoms with E-state index < -0.39 is 0 Å². The minimum absolute atomic E-state index is 0.0417. The molecule has 126 valence electrons. The molecule has 0 saturated heterocycles. The van der Waals surface area contributed by atoms with E-state index in [9.17, 15) is 4.79 Å². The number of hydrogen-bond donors (Lipinski definition) is 2. The van der Waals surface area contributed by atoms with E-state index in [0.29, 0.717) is 10.7 Å². The lowest BCUT2D eigenvalue weighted by atomic mass is 10.1. The zero-order chi connectivity index (χ0) is 17.8. The average molecular weight is 329 g/mol. The Balaban J connectivity index is 0. The van der Waals surface area contributed by atoms with E-state index in [2.05, 4.69) is 5.32 Å². The third-order valence-electron chi connectivity index (χ3n) is 2.37. The molecule has 0 saturated carbocycles. The topological polar surface area (TPSA) is 62.2 Å². The Morgan fingerprint density at radius 3 is 2.23 bits per heavy atom. The van der Waals surface area contributed by atoms with Crippen molar-refractivity contribution in [3.63, 3.8) is 0 Å². The van der Waals surface area contributed by atoms with Gasteiger partial charge in [0, 0.05) is 29.1 Å². The van der Waals surface area contributed by atoms with Crippen molar-refractivity contribution in [2.45, 2.75) is 47.1 Å². The number of aldehydes is 1. The number of carbonyl (C=O) groups is 1. The van der Waals surface area contributed by atoms with E-state index in [1.807, 2.05) is 34.6 Å². The highest BCUT2D eigenvalue weighted by Crippen LogP contribution is 2.20. The summed E-state index contributed by atoms with van der Waals surface area (Å²) in [6.07, 6.45) is 0.775. The fraction of sp³-hybridized carbons (Fsp3) is 0.529. The molecule has 0 radical (unpaired) electrons. The van der Waals surface area contributed by atoms with Crippen molar-refractivity contribution in [1.29, 1.82) is 5.41 Å². The van der Waals surface area contributed by atoms with Crippen molar-refractivity contribution in [3.05, 3.63) is 28.8 Å². The second-order valence-electron chi connectivity index (χ2n) is 5.18. The number of carbonyl (C=O) groups excluding carboxylic acids is 1. The van der Waals surface area contributed by atoms with Gasteiger partial charge in [0.25, 0.3) is 0 Å². The summed E-state index contributed by atoms with van der Waals surface area (Å²) in [5, 5.41) is 11.0. The zero-order valence-corrected chi connectivity index (χ0v) is 15.5. The smallest absolute Gasteiger partial charge is 0.139 e.